The lowest BCUT2D eigenvalue weighted by Gasteiger charge is -2.02. The summed E-state index contributed by atoms with van der Waals surface area (Å²) in [6.07, 6.45) is 4.20. The van der Waals surface area contributed by atoms with E-state index < -0.39 is 0 Å². The molecule has 5 heteroatoms. The Morgan fingerprint density at radius 3 is 3.25 bits per heavy atom. The van der Waals surface area contributed by atoms with Crippen LogP contribution in [0, 0.1) is 0 Å². The Kier molecular flexibility index (Phi) is 2.74. The maximum atomic E-state index is 4.40. The predicted octanol–water partition coefficient (Wildman–Crippen LogP) is 3.61. The van der Waals surface area contributed by atoms with E-state index >= 15 is 0 Å². The van der Waals surface area contributed by atoms with E-state index in [1.54, 1.807) is 0 Å². The number of hydrogen-bond donors (Lipinski definition) is 0. The summed E-state index contributed by atoms with van der Waals surface area (Å²) in [7, 11) is 3.45. The fourth-order valence-electron chi connectivity index (χ4n) is 2.10. The van der Waals surface area contributed by atoms with Crippen LogP contribution in [0.25, 0.3) is 11.3 Å². The van der Waals surface area contributed by atoms with Crippen LogP contribution >= 0.6 is 36.1 Å². The van der Waals surface area contributed by atoms with Gasteiger partial charge in [-0.25, -0.2) is 0 Å². The van der Waals surface area contributed by atoms with Crippen LogP contribution in [0.5, 0.6) is 0 Å². The molecule has 0 amide bonds. The summed E-state index contributed by atoms with van der Waals surface area (Å²) in [5, 5.41) is 4.40. The van der Waals surface area contributed by atoms with Crippen molar-refractivity contribution >= 4 is 41.9 Å². The van der Waals surface area contributed by atoms with Gasteiger partial charge in [-0.05, 0) is 40.6 Å². The van der Waals surface area contributed by atoms with E-state index in [2.05, 4.69) is 40.6 Å². The molecule has 0 unspecified atom stereocenters. The van der Waals surface area contributed by atoms with Gasteiger partial charge in [0, 0.05) is 21.9 Å². The fraction of sp³-hybridized carbons (Fsp3) is 0.273. The van der Waals surface area contributed by atoms with Gasteiger partial charge in [0.25, 0.3) is 0 Å². The SMILES string of the molecule is P=Cc1cc2c(s1)CCCn1ncc(Br)c1-2. The minimum atomic E-state index is 1.01. The summed E-state index contributed by atoms with van der Waals surface area (Å²) in [6, 6.07) is 2.23. The second-order valence-electron chi connectivity index (χ2n) is 3.80. The van der Waals surface area contributed by atoms with Crippen LogP contribution in [0.2, 0.25) is 0 Å². The van der Waals surface area contributed by atoms with Crippen molar-refractivity contribution in [2.75, 3.05) is 0 Å². The highest BCUT2D eigenvalue weighted by Gasteiger charge is 2.20. The Balaban J connectivity index is 2.26. The molecular formula is C11H10BrN2PS. The van der Waals surface area contributed by atoms with Gasteiger partial charge in [0.05, 0.1) is 16.4 Å². The summed E-state index contributed by atoms with van der Waals surface area (Å²) in [6.45, 7) is 1.01. The summed E-state index contributed by atoms with van der Waals surface area (Å²) >= 11 is 5.44. The first-order valence-corrected chi connectivity index (χ1v) is 7.33. The number of rotatable bonds is 1. The maximum Gasteiger partial charge on any atom is 0.0835 e. The Hall–Kier alpha value is -0.440. The Morgan fingerprint density at radius 1 is 1.56 bits per heavy atom. The molecule has 2 aromatic heterocycles. The lowest BCUT2D eigenvalue weighted by molar-refractivity contribution is 0.595. The average Bonchev–Trinajstić information content (AvgIpc) is 2.79. The molecule has 2 nitrogen and oxygen atoms in total. The third-order valence-electron chi connectivity index (χ3n) is 2.79. The molecule has 0 spiro atoms. The van der Waals surface area contributed by atoms with Gasteiger partial charge in [0.1, 0.15) is 0 Å². The minimum Gasteiger partial charge on any atom is -0.264 e. The molecule has 0 aromatic carbocycles. The quantitative estimate of drug-likeness (QED) is 0.735. The number of hydrogen-bond acceptors (Lipinski definition) is 2. The van der Waals surface area contributed by atoms with Gasteiger partial charge in [0.2, 0.25) is 0 Å². The normalized spacial score (nSPS) is 14.1. The van der Waals surface area contributed by atoms with Crippen LogP contribution in [-0.2, 0) is 13.0 Å². The molecule has 1 aliphatic rings. The third-order valence-corrected chi connectivity index (χ3v) is 5.04. The molecule has 2 aromatic rings. The van der Waals surface area contributed by atoms with E-state index in [4.69, 9.17) is 0 Å². The molecule has 1 aliphatic heterocycles. The monoisotopic (exact) mass is 312 g/mol. The zero-order valence-electron chi connectivity index (χ0n) is 8.53. The molecule has 3 rings (SSSR count). The van der Waals surface area contributed by atoms with Crippen molar-refractivity contribution < 1.29 is 0 Å². The lowest BCUT2D eigenvalue weighted by Crippen LogP contribution is -1.99. The smallest absolute Gasteiger partial charge is 0.0835 e. The number of aromatic nitrogens is 2. The van der Waals surface area contributed by atoms with E-state index in [-0.39, 0.29) is 0 Å². The second-order valence-corrected chi connectivity index (χ2v) is 6.11. The highest BCUT2D eigenvalue weighted by Crippen LogP contribution is 2.38. The summed E-state index contributed by atoms with van der Waals surface area (Å²) in [4.78, 5) is 2.73. The van der Waals surface area contributed by atoms with Crippen molar-refractivity contribution in [3.05, 3.63) is 26.5 Å². The molecule has 82 valence electrons. The first-order chi connectivity index (χ1) is 7.79. The van der Waals surface area contributed by atoms with Crippen molar-refractivity contribution in [2.45, 2.75) is 19.4 Å². The number of thiophene rings is 1. The molecule has 0 saturated carbocycles. The van der Waals surface area contributed by atoms with Crippen molar-refractivity contribution in [3.63, 3.8) is 0 Å². The largest absolute Gasteiger partial charge is 0.264 e. The first-order valence-electron chi connectivity index (χ1n) is 5.14. The van der Waals surface area contributed by atoms with Crippen LogP contribution in [-0.4, -0.2) is 15.6 Å². The van der Waals surface area contributed by atoms with E-state index in [9.17, 15) is 0 Å². The molecule has 0 atom stereocenters. The number of halogens is 1. The van der Waals surface area contributed by atoms with Crippen molar-refractivity contribution in [3.8, 4) is 11.3 Å². The van der Waals surface area contributed by atoms with Crippen molar-refractivity contribution in [1.82, 2.24) is 9.78 Å². The van der Waals surface area contributed by atoms with E-state index in [0.29, 0.717) is 0 Å². The Morgan fingerprint density at radius 2 is 2.44 bits per heavy atom. The zero-order chi connectivity index (χ0) is 11.1. The van der Waals surface area contributed by atoms with Crippen LogP contribution in [0.15, 0.2) is 16.7 Å². The molecule has 0 fully saturated rings. The van der Waals surface area contributed by atoms with Crippen LogP contribution < -0.4 is 0 Å². The molecule has 0 bridgehead atoms. The molecule has 0 aliphatic carbocycles. The molecule has 0 saturated heterocycles. The number of aryl methyl sites for hydroxylation is 2. The summed E-state index contributed by atoms with van der Waals surface area (Å²) in [5.41, 5.74) is 2.56. The van der Waals surface area contributed by atoms with Gasteiger partial charge in [-0.2, -0.15) is 5.10 Å². The highest BCUT2D eigenvalue weighted by molar-refractivity contribution is 9.10. The van der Waals surface area contributed by atoms with Crippen LogP contribution in [0.1, 0.15) is 16.2 Å². The van der Waals surface area contributed by atoms with Gasteiger partial charge in [-0.15, -0.1) is 20.2 Å². The van der Waals surface area contributed by atoms with Crippen LogP contribution in [0.4, 0.5) is 0 Å². The first kappa shape index (κ1) is 10.7. The van der Waals surface area contributed by atoms with Crippen molar-refractivity contribution in [1.29, 1.82) is 0 Å². The number of fused-ring (bicyclic) bond motifs is 3. The molecule has 0 radical (unpaired) electrons. The van der Waals surface area contributed by atoms with Crippen LogP contribution in [0.3, 0.4) is 0 Å². The Bertz CT molecular complexity index is 558. The standard InChI is InChI=1S/C11H10BrN2PS/c12-9-5-13-14-3-1-2-10-8(11(9)14)4-7(6-15)16-10/h4-6,15H,1-3H2. The van der Waals surface area contributed by atoms with Gasteiger partial charge in [0.15, 0.2) is 0 Å². The molecule has 0 N–H and O–H groups in total. The summed E-state index contributed by atoms with van der Waals surface area (Å²) < 4.78 is 3.19. The van der Waals surface area contributed by atoms with Gasteiger partial charge in [-0.1, -0.05) is 0 Å². The average molecular weight is 313 g/mol. The second kappa shape index (κ2) is 4.10. The Labute approximate surface area is 109 Å². The maximum absolute atomic E-state index is 4.40. The fourth-order valence-corrected chi connectivity index (χ4v) is 3.90. The highest BCUT2D eigenvalue weighted by atomic mass is 79.9. The molecular weight excluding hydrogens is 303 g/mol. The van der Waals surface area contributed by atoms with E-state index in [1.165, 1.54) is 21.0 Å². The topological polar surface area (TPSA) is 17.8 Å². The van der Waals surface area contributed by atoms with Crippen molar-refractivity contribution in [2.24, 2.45) is 0 Å². The minimum absolute atomic E-state index is 1.01. The van der Waals surface area contributed by atoms with E-state index in [1.807, 2.05) is 23.3 Å². The third kappa shape index (κ3) is 1.60. The van der Waals surface area contributed by atoms with E-state index in [0.717, 1.165) is 23.9 Å². The predicted molar refractivity (Wildman–Crippen MR) is 75.0 cm³/mol. The molecule has 16 heavy (non-hydrogen) atoms. The zero-order valence-corrected chi connectivity index (χ0v) is 11.9. The van der Waals surface area contributed by atoms with Gasteiger partial charge < -0.3 is 0 Å². The lowest BCUT2D eigenvalue weighted by atomic mass is 10.1. The van der Waals surface area contributed by atoms with Gasteiger partial charge in [-0.3, -0.25) is 4.68 Å². The number of nitrogens with zero attached hydrogens (tertiary/aromatic N) is 2. The van der Waals surface area contributed by atoms with Gasteiger partial charge >= 0.3 is 0 Å². The summed E-state index contributed by atoms with van der Waals surface area (Å²) in [5.74, 6) is 1.98. The molecule has 3 heterocycles.